The Labute approximate surface area is 120 Å². The number of rotatable bonds is 2. The van der Waals surface area contributed by atoms with Gasteiger partial charge in [-0.15, -0.1) is 0 Å². The highest BCUT2D eigenvalue weighted by Crippen LogP contribution is 2.27. The first-order valence-corrected chi connectivity index (χ1v) is 7.15. The number of nitrogens with zero attached hydrogens (tertiary/aromatic N) is 1. The van der Waals surface area contributed by atoms with E-state index in [-0.39, 0.29) is 11.0 Å². The van der Waals surface area contributed by atoms with Crippen LogP contribution in [0.15, 0.2) is 29.1 Å². The summed E-state index contributed by atoms with van der Waals surface area (Å²) < 4.78 is 1.69. The summed E-state index contributed by atoms with van der Waals surface area (Å²) >= 11 is 0. The molecular weight excluding hydrogens is 248 g/mol. The smallest absolute Gasteiger partial charge is 0.275 e. The third-order valence-corrected chi connectivity index (χ3v) is 3.60. The van der Waals surface area contributed by atoms with Gasteiger partial charge < -0.3 is 0 Å². The van der Waals surface area contributed by atoms with Crippen LogP contribution < -0.4 is 5.56 Å². The van der Waals surface area contributed by atoms with Crippen LogP contribution in [0.25, 0.3) is 5.69 Å². The maximum absolute atomic E-state index is 12.8. The lowest BCUT2D eigenvalue weighted by Crippen LogP contribution is -2.26. The Morgan fingerprint density at radius 2 is 1.75 bits per heavy atom. The monoisotopic (exact) mass is 272 g/mol. The Hall–Kier alpha value is -1.77. The van der Waals surface area contributed by atoms with Gasteiger partial charge in [0.15, 0.2) is 0 Å². The molecule has 0 spiro atoms. The van der Waals surface area contributed by atoms with E-state index < -0.39 is 0 Å². The van der Waals surface area contributed by atoms with Crippen LogP contribution in [0, 0.1) is 6.92 Å². The molecule has 3 nitrogen and oxygen atoms in total. The molecule has 0 amide bonds. The van der Waals surface area contributed by atoms with Gasteiger partial charge in [-0.1, -0.05) is 52.8 Å². The van der Waals surface area contributed by atoms with Gasteiger partial charge in [-0.05, 0) is 29.9 Å². The van der Waals surface area contributed by atoms with Gasteiger partial charge in [-0.25, -0.2) is 4.68 Å². The van der Waals surface area contributed by atoms with Crippen LogP contribution in [0.2, 0.25) is 0 Å². The maximum Gasteiger partial charge on any atom is 0.275 e. The standard InChI is InChI=1S/C17H24N2O/c1-11(2)15-14(17(4,5)6)16(20)19(18-15)13-10-8-7-9-12(13)3/h7-11,18H,1-6H3. The summed E-state index contributed by atoms with van der Waals surface area (Å²) in [4.78, 5) is 12.8. The number of para-hydroxylation sites is 1. The summed E-state index contributed by atoms with van der Waals surface area (Å²) in [5.74, 6) is 0.294. The van der Waals surface area contributed by atoms with Crippen molar-refractivity contribution in [1.82, 2.24) is 9.78 Å². The first kappa shape index (κ1) is 14.6. The fraction of sp³-hybridized carbons (Fsp3) is 0.471. The van der Waals surface area contributed by atoms with Gasteiger partial charge >= 0.3 is 0 Å². The molecule has 3 heteroatoms. The summed E-state index contributed by atoms with van der Waals surface area (Å²) in [6.45, 7) is 12.5. The summed E-state index contributed by atoms with van der Waals surface area (Å²) in [7, 11) is 0. The molecule has 0 saturated carbocycles. The largest absolute Gasteiger partial charge is 0.294 e. The minimum absolute atomic E-state index is 0.0653. The molecule has 0 atom stereocenters. The number of benzene rings is 1. The molecule has 1 heterocycles. The van der Waals surface area contributed by atoms with Crippen molar-refractivity contribution in [2.75, 3.05) is 0 Å². The van der Waals surface area contributed by atoms with Crippen LogP contribution >= 0.6 is 0 Å². The van der Waals surface area contributed by atoms with Crippen LogP contribution in [-0.2, 0) is 5.41 Å². The molecule has 0 unspecified atom stereocenters. The molecular formula is C17H24N2O. The molecule has 1 aromatic carbocycles. The fourth-order valence-electron chi connectivity index (χ4n) is 2.58. The third-order valence-electron chi connectivity index (χ3n) is 3.60. The summed E-state index contributed by atoms with van der Waals surface area (Å²) in [5, 5.41) is 3.32. The fourth-order valence-corrected chi connectivity index (χ4v) is 2.58. The molecule has 0 bridgehead atoms. The second-order valence-electron chi connectivity index (χ2n) is 6.73. The summed E-state index contributed by atoms with van der Waals surface area (Å²) in [6, 6.07) is 7.94. The minimum atomic E-state index is -0.166. The lowest BCUT2D eigenvalue weighted by molar-refractivity contribution is 0.572. The van der Waals surface area contributed by atoms with Gasteiger partial charge in [-0.2, -0.15) is 0 Å². The summed E-state index contributed by atoms with van der Waals surface area (Å²) in [5.41, 5.74) is 3.83. The maximum atomic E-state index is 12.8. The van der Waals surface area contributed by atoms with E-state index >= 15 is 0 Å². The van der Waals surface area contributed by atoms with Gasteiger partial charge in [0.05, 0.1) is 5.69 Å². The second-order valence-corrected chi connectivity index (χ2v) is 6.73. The first-order valence-electron chi connectivity index (χ1n) is 7.15. The predicted molar refractivity (Wildman–Crippen MR) is 83.9 cm³/mol. The Morgan fingerprint density at radius 3 is 2.20 bits per heavy atom. The Bertz CT molecular complexity index is 669. The molecule has 2 aromatic rings. The first-order chi connectivity index (χ1) is 9.23. The molecule has 0 aliphatic carbocycles. The van der Waals surface area contributed by atoms with Gasteiger partial charge in [-0.3, -0.25) is 9.89 Å². The van der Waals surface area contributed by atoms with Crippen LogP contribution in [0.3, 0.4) is 0 Å². The van der Waals surface area contributed by atoms with Gasteiger partial charge in [0.25, 0.3) is 5.56 Å². The average molecular weight is 272 g/mol. The zero-order valence-corrected chi connectivity index (χ0v) is 13.2. The van der Waals surface area contributed by atoms with Crippen molar-refractivity contribution in [2.45, 2.75) is 52.9 Å². The lowest BCUT2D eigenvalue weighted by Gasteiger charge is -2.18. The normalized spacial score (nSPS) is 12.2. The van der Waals surface area contributed by atoms with E-state index in [1.54, 1.807) is 4.68 Å². The topological polar surface area (TPSA) is 37.8 Å². The molecule has 108 valence electrons. The predicted octanol–water partition coefficient (Wildman–Crippen LogP) is 3.89. The highest BCUT2D eigenvalue weighted by Gasteiger charge is 2.27. The van der Waals surface area contributed by atoms with E-state index in [4.69, 9.17) is 0 Å². The number of hydrogen-bond donors (Lipinski definition) is 1. The van der Waals surface area contributed by atoms with Crippen molar-refractivity contribution in [2.24, 2.45) is 0 Å². The number of H-pyrrole nitrogens is 1. The van der Waals surface area contributed by atoms with Crippen molar-refractivity contribution in [3.05, 3.63) is 51.4 Å². The highest BCUT2D eigenvalue weighted by molar-refractivity contribution is 5.41. The Morgan fingerprint density at radius 1 is 1.15 bits per heavy atom. The molecule has 20 heavy (non-hydrogen) atoms. The third kappa shape index (κ3) is 2.45. The molecule has 0 radical (unpaired) electrons. The van der Waals surface area contributed by atoms with E-state index in [9.17, 15) is 4.79 Å². The van der Waals surface area contributed by atoms with Crippen LogP contribution in [-0.4, -0.2) is 9.78 Å². The van der Waals surface area contributed by atoms with Crippen molar-refractivity contribution in [1.29, 1.82) is 0 Å². The highest BCUT2D eigenvalue weighted by atomic mass is 16.1. The second kappa shape index (κ2) is 4.97. The number of aromatic nitrogens is 2. The number of aromatic amines is 1. The minimum Gasteiger partial charge on any atom is -0.294 e. The van der Waals surface area contributed by atoms with Crippen molar-refractivity contribution in [3.63, 3.8) is 0 Å². The molecule has 1 N–H and O–H groups in total. The molecule has 0 aliphatic rings. The number of hydrogen-bond acceptors (Lipinski definition) is 1. The van der Waals surface area contributed by atoms with Crippen molar-refractivity contribution in [3.8, 4) is 5.69 Å². The molecule has 0 saturated heterocycles. The number of aryl methyl sites for hydroxylation is 1. The zero-order valence-electron chi connectivity index (χ0n) is 13.2. The van der Waals surface area contributed by atoms with Gasteiger partial charge in [0, 0.05) is 11.3 Å². The van der Waals surface area contributed by atoms with Gasteiger partial charge in [0.2, 0.25) is 0 Å². The van der Waals surface area contributed by atoms with E-state index in [1.807, 2.05) is 31.2 Å². The van der Waals surface area contributed by atoms with E-state index in [0.717, 1.165) is 22.5 Å². The average Bonchev–Trinajstić information content (AvgIpc) is 2.67. The zero-order chi connectivity index (χ0) is 15.1. The van der Waals surface area contributed by atoms with Crippen LogP contribution in [0.1, 0.15) is 57.4 Å². The number of nitrogens with one attached hydrogen (secondary N) is 1. The lowest BCUT2D eigenvalue weighted by atomic mass is 9.85. The van der Waals surface area contributed by atoms with Gasteiger partial charge in [0.1, 0.15) is 0 Å². The molecule has 1 aromatic heterocycles. The van der Waals surface area contributed by atoms with E-state index in [1.165, 1.54) is 0 Å². The summed E-state index contributed by atoms with van der Waals surface area (Å²) in [6.07, 6.45) is 0. The van der Waals surface area contributed by atoms with Crippen LogP contribution in [0.4, 0.5) is 0 Å². The quantitative estimate of drug-likeness (QED) is 0.884. The van der Waals surface area contributed by atoms with Crippen molar-refractivity contribution < 1.29 is 0 Å². The van der Waals surface area contributed by atoms with E-state index in [0.29, 0.717) is 5.92 Å². The molecule has 0 aliphatic heterocycles. The van der Waals surface area contributed by atoms with E-state index in [2.05, 4.69) is 39.7 Å². The van der Waals surface area contributed by atoms with Crippen molar-refractivity contribution >= 4 is 0 Å². The van der Waals surface area contributed by atoms with Crippen LogP contribution in [0.5, 0.6) is 0 Å². The molecule has 2 rings (SSSR count). The SMILES string of the molecule is Cc1ccccc1-n1[nH]c(C(C)C)c(C(C)(C)C)c1=O. The Kier molecular flexibility index (Phi) is 3.63. The molecule has 0 fully saturated rings. The Balaban J connectivity index is 2.76.